The van der Waals surface area contributed by atoms with Crippen LogP contribution in [0.5, 0.6) is 0 Å². The van der Waals surface area contributed by atoms with Crippen molar-refractivity contribution in [2.75, 3.05) is 11.9 Å². The van der Waals surface area contributed by atoms with Crippen molar-refractivity contribution in [1.82, 2.24) is 19.9 Å². The summed E-state index contributed by atoms with van der Waals surface area (Å²) in [7, 11) is 0. The smallest absolute Gasteiger partial charge is 0.177 e. The van der Waals surface area contributed by atoms with Crippen molar-refractivity contribution in [2.24, 2.45) is 0 Å². The SMILES string of the molecule is CC(C)(O)CNc1cc(-c2ccc(F)cc2)nn2c(-c3ccc(C(=S)NC4CC4)cc3)cnc12. The van der Waals surface area contributed by atoms with E-state index in [4.69, 9.17) is 17.3 Å². The first kappa shape index (κ1) is 22.4. The van der Waals surface area contributed by atoms with Gasteiger partial charge in [-0.2, -0.15) is 5.10 Å². The average molecular weight is 476 g/mol. The lowest BCUT2D eigenvalue weighted by atomic mass is 10.1. The minimum atomic E-state index is -0.908. The Hall–Kier alpha value is -3.36. The summed E-state index contributed by atoms with van der Waals surface area (Å²) >= 11 is 5.52. The summed E-state index contributed by atoms with van der Waals surface area (Å²) < 4.78 is 15.3. The fraction of sp³-hybridized carbons (Fsp3) is 0.269. The summed E-state index contributed by atoms with van der Waals surface area (Å²) in [6, 6.07) is 16.6. The number of rotatable bonds is 7. The molecule has 4 aromatic rings. The topological polar surface area (TPSA) is 74.5 Å². The van der Waals surface area contributed by atoms with E-state index in [0.717, 1.165) is 33.1 Å². The van der Waals surface area contributed by atoms with Crippen LogP contribution in [0.25, 0.3) is 28.2 Å². The summed E-state index contributed by atoms with van der Waals surface area (Å²) in [6.07, 6.45) is 4.12. The molecule has 0 saturated heterocycles. The van der Waals surface area contributed by atoms with Crippen LogP contribution in [0, 0.1) is 5.82 Å². The number of thiocarbonyl (C=S) groups is 1. The van der Waals surface area contributed by atoms with E-state index < -0.39 is 5.60 Å². The zero-order valence-corrected chi connectivity index (χ0v) is 19.9. The molecular weight excluding hydrogens is 449 g/mol. The van der Waals surface area contributed by atoms with Gasteiger partial charge >= 0.3 is 0 Å². The largest absolute Gasteiger partial charge is 0.389 e. The Bertz CT molecular complexity index is 1340. The normalized spacial score (nSPS) is 13.8. The molecule has 2 aromatic carbocycles. The third-order valence-electron chi connectivity index (χ3n) is 5.67. The van der Waals surface area contributed by atoms with E-state index in [9.17, 15) is 9.50 Å². The average Bonchev–Trinajstić information content (AvgIpc) is 3.52. The quantitative estimate of drug-likeness (QED) is 0.333. The first-order valence-corrected chi connectivity index (χ1v) is 11.7. The maximum absolute atomic E-state index is 13.5. The van der Waals surface area contributed by atoms with E-state index in [1.807, 2.05) is 30.3 Å². The summed E-state index contributed by atoms with van der Waals surface area (Å²) in [4.78, 5) is 5.37. The van der Waals surface area contributed by atoms with Gasteiger partial charge in [0.15, 0.2) is 5.65 Å². The molecule has 0 spiro atoms. The molecule has 0 radical (unpaired) electrons. The molecule has 0 bridgehead atoms. The number of fused-ring (bicyclic) bond motifs is 1. The van der Waals surface area contributed by atoms with E-state index in [-0.39, 0.29) is 5.82 Å². The number of imidazole rings is 1. The molecule has 174 valence electrons. The lowest BCUT2D eigenvalue weighted by molar-refractivity contribution is 0.0945. The molecule has 0 unspecified atom stereocenters. The Labute approximate surface area is 202 Å². The van der Waals surface area contributed by atoms with Crippen LogP contribution in [0.3, 0.4) is 0 Å². The molecule has 2 heterocycles. The summed E-state index contributed by atoms with van der Waals surface area (Å²) in [5.74, 6) is -0.303. The lowest BCUT2D eigenvalue weighted by Crippen LogP contribution is -2.29. The number of hydrogen-bond acceptors (Lipinski definition) is 5. The van der Waals surface area contributed by atoms with Crippen molar-refractivity contribution in [3.05, 3.63) is 72.2 Å². The number of halogens is 1. The molecule has 2 aromatic heterocycles. The standard InChI is InChI=1S/C26H26FN5OS/c1-26(2,33)15-29-22-13-21(16-7-9-19(27)10-8-16)31-32-23(14-28-24(22)32)17-3-5-18(6-4-17)25(34)30-20-11-12-20/h3-10,13-14,20,29,33H,11-12,15H2,1-2H3,(H,30,34). The number of nitrogens with one attached hydrogen (secondary N) is 2. The first-order valence-electron chi connectivity index (χ1n) is 11.3. The van der Waals surface area contributed by atoms with Crippen LogP contribution in [0.15, 0.2) is 60.8 Å². The second-order valence-corrected chi connectivity index (χ2v) is 9.73. The highest BCUT2D eigenvalue weighted by Gasteiger charge is 2.22. The van der Waals surface area contributed by atoms with Crippen molar-refractivity contribution < 1.29 is 9.50 Å². The third-order valence-corrected chi connectivity index (χ3v) is 6.03. The summed E-state index contributed by atoms with van der Waals surface area (Å²) in [6.45, 7) is 3.80. The predicted octanol–water partition coefficient (Wildman–Crippen LogP) is 4.81. The Morgan fingerprint density at radius 3 is 2.44 bits per heavy atom. The van der Waals surface area contributed by atoms with Crippen LogP contribution in [-0.4, -0.2) is 42.9 Å². The number of aromatic nitrogens is 3. The highest BCUT2D eigenvalue weighted by Crippen LogP contribution is 2.29. The Kier molecular flexibility index (Phi) is 5.79. The van der Waals surface area contributed by atoms with Crippen molar-refractivity contribution >= 4 is 28.5 Å². The number of anilines is 1. The van der Waals surface area contributed by atoms with E-state index >= 15 is 0 Å². The first-order chi connectivity index (χ1) is 16.3. The molecule has 1 fully saturated rings. The second-order valence-electron chi connectivity index (χ2n) is 9.32. The molecular formula is C26H26FN5OS. The van der Waals surface area contributed by atoms with Crippen LogP contribution in [0.1, 0.15) is 32.3 Å². The molecule has 34 heavy (non-hydrogen) atoms. The van der Waals surface area contributed by atoms with E-state index in [2.05, 4.69) is 15.6 Å². The van der Waals surface area contributed by atoms with Crippen LogP contribution in [0.4, 0.5) is 10.1 Å². The van der Waals surface area contributed by atoms with Gasteiger partial charge < -0.3 is 15.7 Å². The fourth-order valence-electron chi connectivity index (χ4n) is 3.66. The Morgan fingerprint density at radius 2 is 1.79 bits per heavy atom. The fourth-order valence-corrected chi connectivity index (χ4v) is 3.96. The lowest BCUT2D eigenvalue weighted by Gasteiger charge is -2.19. The van der Waals surface area contributed by atoms with Gasteiger partial charge in [-0.1, -0.05) is 36.5 Å². The molecule has 1 aliphatic rings. The minimum absolute atomic E-state index is 0.303. The van der Waals surface area contributed by atoms with Gasteiger partial charge in [-0.3, -0.25) is 0 Å². The van der Waals surface area contributed by atoms with Crippen molar-refractivity contribution in [1.29, 1.82) is 0 Å². The molecule has 6 nitrogen and oxygen atoms in total. The molecule has 5 rings (SSSR count). The van der Waals surface area contributed by atoms with Crippen molar-refractivity contribution in [3.63, 3.8) is 0 Å². The van der Waals surface area contributed by atoms with Crippen molar-refractivity contribution in [3.8, 4) is 22.5 Å². The second kappa shape index (κ2) is 8.77. The highest BCUT2D eigenvalue weighted by atomic mass is 32.1. The number of benzene rings is 2. The maximum Gasteiger partial charge on any atom is 0.177 e. The summed E-state index contributed by atoms with van der Waals surface area (Å²) in [5, 5.41) is 21.7. The Morgan fingerprint density at radius 1 is 1.12 bits per heavy atom. The zero-order valence-electron chi connectivity index (χ0n) is 19.0. The van der Waals surface area contributed by atoms with Crippen LogP contribution < -0.4 is 10.6 Å². The van der Waals surface area contributed by atoms with Gasteiger partial charge in [-0.05, 0) is 57.0 Å². The molecule has 8 heteroatoms. The number of aliphatic hydroxyl groups is 1. The van der Waals surface area contributed by atoms with Crippen LogP contribution in [-0.2, 0) is 0 Å². The molecule has 1 aliphatic carbocycles. The van der Waals surface area contributed by atoms with Gasteiger partial charge in [0.1, 0.15) is 10.8 Å². The molecule has 0 aliphatic heterocycles. The predicted molar refractivity (Wildman–Crippen MR) is 136 cm³/mol. The van der Waals surface area contributed by atoms with Crippen LogP contribution >= 0.6 is 12.2 Å². The molecule has 3 N–H and O–H groups in total. The zero-order chi connectivity index (χ0) is 23.9. The van der Waals surface area contributed by atoms with Gasteiger partial charge in [-0.25, -0.2) is 13.9 Å². The van der Waals surface area contributed by atoms with Crippen molar-refractivity contribution in [2.45, 2.75) is 38.3 Å². The molecule has 1 saturated carbocycles. The minimum Gasteiger partial charge on any atom is -0.389 e. The number of hydrogen-bond donors (Lipinski definition) is 3. The Balaban J connectivity index is 1.55. The van der Waals surface area contributed by atoms with Gasteiger partial charge in [0.25, 0.3) is 0 Å². The van der Waals surface area contributed by atoms with Gasteiger partial charge in [-0.15, -0.1) is 0 Å². The van der Waals surface area contributed by atoms with Gasteiger partial charge in [0.05, 0.1) is 28.9 Å². The summed E-state index contributed by atoms with van der Waals surface area (Å²) in [5.41, 5.74) is 4.65. The maximum atomic E-state index is 13.5. The molecule has 0 atom stereocenters. The van der Waals surface area contributed by atoms with Crippen LogP contribution in [0.2, 0.25) is 0 Å². The van der Waals surface area contributed by atoms with E-state index in [0.29, 0.717) is 23.9 Å². The highest BCUT2D eigenvalue weighted by molar-refractivity contribution is 7.80. The van der Waals surface area contributed by atoms with Gasteiger partial charge in [0, 0.05) is 29.3 Å². The van der Waals surface area contributed by atoms with Gasteiger partial charge in [0.2, 0.25) is 0 Å². The van der Waals surface area contributed by atoms with E-state index in [1.54, 1.807) is 36.7 Å². The third kappa shape index (κ3) is 4.93. The van der Waals surface area contributed by atoms with E-state index in [1.165, 1.54) is 25.0 Å². The molecule has 0 amide bonds. The monoisotopic (exact) mass is 475 g/mol. The number of nitrogens with zero attached hydrogens (tertiary/aromatic N) is 3.